The predicted molar refractivity (Wildman–Crippen MR) is 116 cm³/mol. The van der Waals surface area contributed by atoms with Crippen molar-refractivity contribution in [2.45, 2.75) is 6.54 Å². The van der Waals surface area contributed by atoms with Crippen LogP contribution in [0.1, 0.15) is 20.7 Å². The Bertz CT molecular complexity index is 1340. The number of hydrogen-bond acceptors (Lipinski definition) is 5. The lowest BCUT2D eigenvalue weighted by Crippen LogP contribution is -2.35. The fraction of sp³-hybridized carbons (Fsp3) is 0.0909. The highest BCUT2D eigenvalue weighted by Gasteiger charge is 2.34. The Morgan fingerprint density at radius 2 is 1.57 bits per heavy atom. The zero-order chi connectivity index (χ0) is 20.8. The molecule has 0 saturated heterocycles. The number of carbonyl (C=O) groups is 2. The number of fused-ring (bicyclic) bond motifs is 2. The van der Waals surface area contributed by atoms with Crippen LogP contribution in [0.25, 0.3) is 20.7 Å². The summed E-state index contributed by atoms with van der Waals surface area (Å²) >= 11 is 7.31. The Kier molecular flexibility index (Phi) is 4.49. The Hall–Kier alpha value is -3.29. The summed E-state index contributed by atoms with van der Waals surface area (Å²) in [6.07, 6.45) is 1.46. The molecule has 2 aromatic heterocycles. The number of carbonyl (C=O) groups excluding carboxylic acids is 2. The largest absolute Gasteiger partial charge is 0.296 e. The molecule has 1 aliphatic heterocycles. The normalized spacial score (nSPS) is 13.3. The molecule has 6 nitrogen and oxygen atoms in total. The number of nitrogens with zero attached hydrogens (tertiary/aromatic N) is 3. The van der Waals surface area contributed by atoms with Crippen LogP contribution in [-0.2, 0) is 6.54 Å². The van der Waals surface area contributed by atoms with Gasteiger partial charge in [0.25, 0.3) is 17.4 Å². The van der Waals surface area contributed by atoms with Crippen LogP contribution in [0.3, 0.4) is 0 Å². The van der Waals surface area contributed by atoms with Gasteiger partial charge in [0.1, 0.15) is 4.70 Å². The minimum absolute atomic E-state index is 0.106. The molecule has 0 spiro atoms. The Morgan fingerprint density at radius 3 is 2.23 bits per heavy atom. The van der Waals surface area contributed by atoms with E-state index in [1.54, 1.807) is 36.4 Å². The summed E-state index contributed by atoms with van der Waals surface area (Å²) in [6.45, 7) is 0.288. The highest BCUT2D eigenvalue weighted by atomic mass is 35.5. The summed E-state index contributed by atoms with van der Waals surface area (Å²) in [4.78, 5) is 44.4. The third kappa shape index (κ3) is 3.03. The van der Waals surface area contributed by atoms with Crippen LogP contribution in [0.2, 0.25) is 5.02 Å². The molecule has 0 aliphatic carbocycles. The maximum Gasteiger partial charge on any atom is 0.271 e. The van der Waals surface area contributed by atoms with Crippen molar-refractivity contribution in [2.24, 2.45) is 0 Å². The molecule has 3 heterocycles. The molecule has 2 amide bonds. The average molecular weight is 436 g/mol. The number of rotatable bonds is 4. The first-order chi connectivity index (χ1) is 14.5. The molecular formula is C22H14ClN3O3S. The minimum atomic E-state index is -0.334. The molecule has 0 N–H and O–H groups in total. The van der Waals surface area contributed by atoms with Crippen LogP contribution in [0.5, 0.6) is 0 Å². The van der Waals surface area contributed by atoms with Gasteiger partial charge in [-0.05, 0) is 35.9 Å². The van der Waals surface area contributed by atoms with Crippen molar-refractivity contribution in [3.63, 3.8) is 0 Å². The van der Waals surface area contributed by atoms with Crippen molar-refractivity contribution in [3.05, 3.63) is 87.4 Å². The van der Waals surface area contributed by atoms with Crippen LogP contribution < -0.4 is 5.56 Å². The molecule has 1 aliphatic rings. The lowest BCUT2D eigenvalue weighted by molar-refractivity contribution is 0.0648. The van der Waals surface area contributed by atoms with Crippen molar-refractivity contribution in [1.29, 1.82) is 0 Å². The second-order valence-corrected chi connectivity index (χ2v) is 8.37. The van der Waals surface area contributed by atoms with Crippen molar-refractivity contribution in [2.75, 3.05) is 6.54 Å². The Balaban J connectivity index is 1.41. The van der Waals surface area contributed by atoms with E-state index in [1.807, 2.05) is 18.2 Å². The Morgan fingerprint density at radius 1 is 0.900 bits per heavy atom. The van der Waals surface area contributed by atoms with E-state index in [-0.39, 0.29) is 30.5 Å². The number of imide groups is 1. The summed E-state index contributed by atoms with van der Waals surface area (Å²) in [5.74, 6) is -0.669. The van der Waals surface area contributed by atoms with Crippen molar-refractivity contribution in [3.8, 4) is 10.4 Å². The molecule has 0 saturated carbocycles. The molecule has 5 rings (SSSR count). The number of amides is 2. The second kappa shape index (κ2) is 7.19. The van der Waals surface area contributed by atoms with Gasteiger partial charge in [-0.15, -0.1) is 11.3 Å². The zero-order valence-corrected chi connectivity index (χ0v) is 17.1. The average Bonchev–Trinajstić information content (AvgIpc) is 3.29. The standard InChI is InChI=1S/C22H14ClN3O3S/c23-14-7-5-13(6-8-14)18-11-17-19(30-18)22(29)25(12-24-17)9-10-26-20(27)15-3-1-2-4-16(15)21(26)28/h1-8,11-12H,9-10H2. The lowest BCUT2D eigenvalue weighted by atomic mass is 10.1. The van der Waals surface area contributed by atoms with E-state index in [9.17, 15) is 14.4 Å². The van der Waals surface area contributed by atoms with Crippen molar-refractivity contribution >= 4 is 45.0 Å². The van der Waals surface area contributed by atoms with Crippen LogP contribution in [-0.4, -0.2) is 32.8 Å². The number of benzene rings is 2. The monoisotopic (exact) mass is 435 g/mol. The van der Waals surface area contributed by atoms with E-state index < -0.39 is 0 Å². The van der Waals surface area contributed by atoms with Gasteiger partial charge in [0.15, 0.2) is 0 Å². The van der Waals surface area contributed by atoms with Crippen LogP contribution in [0.15, 0.2) is 65.7 Å². The van der Waals surface area contributed by atoms with E-state index in [2.05, 4.69) is 4.98 Å². The predicted octanol–water partition coefficient (Wildman–Crippen LogP) is 4.07. The molecule has 148 valence electrons. The molecule has 4 aromatic rings. The lowest BCUT2D eigenvalue weighted by Gasteiger charge is -2.14. The molecular weight excluding hydrogens is 422 g/mol. The molecule has 0 radical (unpaired) electrons. The second-order valence-electron chi connectivity index (χ2n) is 6.88. The third-order valence-electron chi connectivity index (χ3n) is 5.08. The third-order valence-corrected chi connectivity index (χ3v) is 6.49. The molecule has 0 fully saturated rings. The summed E-state index contributed by atoms with van der Waals surface area (Å²) in [5.41, 5.74) is 2.18. The van der Waals surface area contributed by atoms with Crippen LogP contribution in [0, 0.1) is 0 Å². The topological polar surface area (TPSA) is 72.3 Å². The fourth-order valence-electron chi connectivity index (χ4n) is 3.51. The maximum atomic E-state index is 12.9. The van der Waals surface area contributed by atoms with E-state index in [1.165, 1.54) is 27.1 Å². The van der Waals surface area contributed by atoms with E-state index in [0.29, 0.717) is 26.4 Å². The number of hydrogen-bond donors (Lipinski definition) is 0. The van der Waals surface area contributed by atoms with Gasteiger partial charge in [-0.3, -0.25) is 23.9 Å². The first-order valence-electron chi connectivity index (χ1n) is 9.23. The van der Waals surface area contributed by atoms with Gasteiger partial charge in [-0.2, -0.15) is 0 Å². The fourth-order valence-corrected chi connectivity index (χ4v) is 4.70. The minimum Gasteiger partial charge on any atom is -0.296 e. The van der Waals surface area contributed by atoms with Crippen molar-refractivity contribution < 1.29 is 9.59 Å². The summed E-state index contributed by atoms with van der Waals surface area (Å²) in [5, 5.41) is 0.647. The van der Waals surface area contributed by atoms with Gasteiger partial charge in [0.2, 0.25) is 0 Å². The van der Waals surface area contributed by atoms with Crippen molar-refractivity contribution in [1.82, 2.24) is 14.5 Å². The van der Waals surface area contributed by atoms with E-state index >= 15 is 0 Å². The first kappa shape index (κ1) is 18.7. The molecule has 0 unspecified atom stereocenters. The highest BCUT2D eigenvalue weighted by molar-refractivity contribution is 7.22. The number of halogens is 1. The summed E-state index contributed by atoms with van der Waals surface area (Å²) in [6, 6.07) is 16.0. The van der Waals surface area contributed by atoms with E-state index in [0.717, 1.165) is 10.4 Å². The molecule has 0 bridgehead atoms. The summed E-state index contributed by atoms with van der Waals surface area (Å²) < 4.78 is 1.97. The highest BCUT2D eigenvalue weighted by Crippen LogP contribution is 2.31. The van der Waals surface area contributed by atoms with Gasteiger partial charge in [0.05, 0.1) is 23.0 Å². The quantitative estimate of drug-likeness (QED) is 0.453. The molecule has 8 heteroatoms. The van der Waals surface area contributed by atoms with Gasteiger partial charge >= 0.3 is 0 Å². The van der Waals surface area contributed by atoms with Gasteiger partial charge in [0, 0.05) is 23.0 Å². The smallest absolute Gasteiger partial charge is 0.271 e. The Labute approximate surface area is 180 Å². The van der Waals surface area contributed by atoms with Gasteiger partial charge < -0.3 is 0 Å². The molecule has 30 heavy (non-hydrogen) atoms. The molecule has 2 aromatic carbocycles. The molecule has 0 atom stereocenters. The summed E-state index contributed by atoms with van der Waals surface area (Å²) in [7, 11) is 0. The van der Waals surface area contributed by atoms with Gasteiger partial charge in [-0.1, -0.05) is 35.9 Å². The first-order valence-corrected chi connectivity index (χ1v) is 10.4. The SMILES string of the molecule is O=C1c2ccccc2C(=O)N1CCn1cnc2cc(-c3ccc(Cl)cc3)sc2c1=O. The van der Waals surface area contributed by atoms with E-state index in [4.69, 9.17) is 11.6 Å². The zero-order valence-electron chi connectivity index (χ0n) is 15.5. The van der Waals surface area contributed by atoms with Crippen LogP contribution in [0.4, 0.5) is 0 Å². The number of thiophene rings is 1. The van der Waals surface area contributed by atoms with Gasteiger partial charge in [-0.25, -0.2) is 4.98 Å². The van der Waals surface area contributed by atoms with Crippen LogP contribution >= 0.6 is 22.9 Å². The maximum absolute atomic E-state index is 12.9. The number of aromatic nitrogens is 2.